The van der Waals surface area contributed by atoms with Crippen LogP contribution in [0.25, 0.3) is 0 Å². The summed E-state index contributed by atoms with van der Waals surface area (Å²) in [5.74, 6) is 1.07. The van der Waals surface area contributed by atoms with Gasteiger partial charge in [-0.25, -0.2) is 9.59 Å². The number of hydrogen-bond donors (Lipinski definition) is 2. The van der Waals surface area contributed by atoms with Crippen molar-refractivity contribution in [2.75, 3.05) is 5.32 Å². The van der Waals surface area contributed by atoms with Gasteiger partial charge in [0.2, 0.25) is 0 Å². The zero-order valence-corrected chi connectivity index (χ0v) is 11.1. The average Bonchev–Trinajstić information content (AvgIpc) is 2.57. The Labute approximate surface area is 109 Å². The van der Waals surface area contributed by atoms with Gasteiger partial charge in [0.25, 0.3) is 0 Å². The Balaban J connectivity index is 2.93. The van der Waals surface area contributed by atoms with Gasteiger partial charge in [0.05, 0.1) is 5.56 Å². The van der Waals surface area contributed by atoms with Gasteiger partial charge in [-0.3, -0.25) is 5.32 Å². The molecule has 0 atom stereocenters. The highest BCUT2D eigenvalue weighted by Gasteiger charge is 2.22. The Morgan fingerprint density at radius 1 is 1.50 bits per heavy atom. The molecule has 0 unspecified atom stereocenters. The summed E-state index contributed by atoms with van der Waals surface area (Å²) in [7, 11) is 0. The third-order valence-electron chi connectivity index (χ3n) is 1.77. The van der Waals surface area contributed by atoms with E-state index in [0.717, 1.165) is 11.3 Å². The van der Waals surface area contributed by atoms with E-state index in [-0.39, 0.29) is 16.1 Å². The van der Waals surface area contributed by atoms with Crippen molar-refractivity contribution in [2.45, 2.75) is 26.4 Å². The summed E-state index contributed by atoms with van der Waals surface area (Å²) in [5.41, 5.74) is -0.508. The summed E-state index contributed by atoms with van der Waals surface area (Å²) in [6.07, 6.45) is 4.47. The van der Waals surface area contributed by atoms with Gasteiger partial charge in [-0.2, -0.15) is 0 Å². The second-order valence-corrected chi connectivity index (χ2v) is 5.31. The lowest BCUT2D eigenvalue weighted by Gasteiger charge is -2.19. The van der Waals surface area contributed by atoms with Crippen molar-refractivity contribution in [3.05, 3.63) is 16.5 Å². The molecule has 0 aliphatic heterocycles. The smallest absolute Gasteiger partial charge is 0.412 e. The normalized spacial score (nSPS) is 10.6. The number of hydrogen-bond acceptors (Lipinski definition) is 4. The van der Waals surface area contributed by atoms with Crippen LogP contribution in [0.1, 0.15) is 36.7 Å². The fourth-order valence-corrected chi connectivity index (χ4v) is 2.04. The summed E-state index contributed by atoms with van der Waals surface area (Å²) in [4.78, 5) is 22.6. The Kier molecular flexibility index (Phi) is 3.99. The molecule has 0 fully saturated rings. The first-order valence-electron chi connectivity index (χ1n) is 5.06. The fraction of sp³-hybridized carbons (Fsp3) is 0.333. The molecule has 0 bridgehead atoms. The Morgan fingerprint density at radius 3 is 2.56 bits per heavy atom. The molecule has 1 heterocycles. The van der Waals surface area contributed by atoms with E-state index >= 15 is 0 Å². The summed E-state index contributed by atoms with van der Waals surface area (Å²) >= 11 is 1.05. The van der Waals surface area contributed by atoms with Crippen LogP contribution >= 0.6 is 11.3 Å². The highest BCUT2D eigenvalue weighted by atomic mass is 32.1. The highest BCUT2D eigenvalue weighted by molar-refractivity contribution is 7.15. The van der Waals surface area contributed by atoms with Crippen molar-refractivity contribution < 1.29 is 19.4 Å². The highest BCUT2D eigenvalue weighted by Crippen LogP contribution is 2.28. The standard InChI is InChI=1S/C12H13NO4S/c1-5-7-6-18-9(8(7)10(14)15)13-11(16)17-12(2,3)4/h1,6H,2-4H3,(H,13,16)(H,14,15). The minimum absolute atomic E-state index is 0.0895. The van der Waals surface area contributed by atoms with Crippen LogP contribution < -0.4 is 5.32 Å². The number of rotatable bonds is 2. The SMILES string of the molecule is C#Cc1csc(NC(=O)OC(C)(C)C)c1C(=O)O. The van der Waals surface area contributed by atoms with Crippen LogP contribution in [0.3, 0.4) is 0 Å². The molecule has 0 spiro atoms. The Bertz CT molecular complexity index is 519. The number of aromatic carboxylic acids is 1. The minimum Gasteiger partial charge on any atom is -0.478 e. The number of terminal acetylenes is 1. The third kappa shape index (κ3) is 3.50. The summed E-state index contributed by atoms with van der Waals surface area (Å²) < 4.78 is 5.03. The van der Waals surface area contributed by atoms with E-state index in [2.05, 4.69) is 11.2 Å². The first-order valence-corrected chi connectivity index (χ1v) is 5.94. The van der Waals surface area contributed by atoms with E-state index < -0.39 is 17.7 Å². The third-order valence-corrected chi connectivity index (χ3v) is 2.67. The van der Waals surface area contributed by atoms with Crippen LogP contribution in [0.15, 0.2) is 5.38 Å². The van der Waals surface area contributed by atoms with Crippen LogP contribution in [0.5, 0.6) is 0 Å². The van der Waals surface area contributed by atoms with E-state index in [4.69, 9.17) is 16.3 Å². The van der Waals surface area contributed by atoms with E-state index in [9.17, 15) is 9.59 Å². The van der Waals surface area contributed by atoms with E-state index in [1.54, 1.807) is 20.8 Å². The molecule has 1 aromatic rings. The van der Waals surface area contributed by atoms with Crippen LogP contribution in [0.2, 0.25) is 0 Å². The molecule has 0 radical (unpaired) electrons. The molecular weight excluding hydrogens is 254 g/mol. The molecule has 0 saturated carbocycles. The number of carboxylic acids is 1. The topological polar surface area (TPSA) is 75.6 Å². The molecule has 1 amide bonds. The van der Waals surface area contributed by atoms with Crippen LogP contribution in [-0.4, -0.2) is 22.8 Å². The lowest BCUT2D eigenvalue weighted by Crippen LogP contribution is -2.27. The maximum Gasteiger partial charge on any atom is 0.412 e. The molecule has 5 nitrogen and oxygen atoms in total. The maximum absolute atomic E-state index is 11.5. The number of nitrogens with one attached hydrogen (secondary N) is 1. The predicted octanol–water partition coefficient (Wildman–Crippen LogP) is 2.77. The molecule has 0 aliphatic rings. The van der Waals surface area contributed by atoms with Crippen LogP contribution in [0, 0.1) is 12.3 Å². The van der Waals surface area contributed by atoms with Gasteiger partial charge in [-0.05, 0) is 20.8 Å². The number of carbonyl (C=O) groups is 2. The van der Waals surface area contributed by atoms with Crippen molar-refractivity contribution in [1.82, 2.24) is 0 Å². The van der Waals surface area contributed by atoms with Gasteiger partial charge >= 0.3 is 12.1 Å². The molecule has 0 aromatic carbocycles. The number of carboxylic acid groups (broad SMARTS) is 1. The molecular formula is C12H13NO4S. The first-order chi connectivity index (χ1) is 8.24. The largest absolute Gasteiger partial charge is 0.478 e. The molecule has 2 N–H and O–H groups in total. The fourth-order valence-electron chi connectivity index (χ4n) is 1.16. The zero-order chi connectivity index (χ0) is 13.9. The summed E-state index contributed by atoms with van der Waals surface area (Å²) in [6, 6.07) is 0. The monoisotopic (exact) mass is 267 g/mol. The number of ether oxygens (including phenoxy) is 1. The number of amides is 1. The van der Waals surface area contributed by atoms with Crippen molar-refractivity contribution >= 4 is 28.4 Å². The summed E-state index contributed by atoms with van der Waals surface area (Å²) in [5, 5.41) is 13.1. The van der Waals surface area contributed by atoms with Gasteiger partial charge in [0.15, 0.2) is 0 Å². The minimum atomic E-state index is -1.18. The van der Waals surface area contributed by atoms with Crippen LogP contribution in [-0.2, 0) is 4.74 Å². The van der Waals surface area contributed by atoms with E-state index in [1.807, 2.05) is 0 Å². The van der Waals surface area contributed by atoms with Crippen LogP contribution in [0.4, 0.5) is 9.80 Å². The lowest BCUT2D eigenvalue weighted by atomic mass is 10.2. The molecule has 1 rings (SSSR count). The van der Waals surface area contributed by atoms with Crippen molar-refractivity contribution in [2.24, 2.45) is 0 Å². The average molecular weight is 267 g/mol. The second kappa shape index (κ2) is 5.10. The van der Waals surface area contributed by atoms with Crippen molar-refractivity contribution in [3.63, 3.8) is 0 Å². The molecule has 1 aromatic heterocycles. The number of carbonyl (C=O) groups excluding carboxylic acids is 1. The van der Waals surface area contributed by atoms with Gasteiger partial charge in [-0.1, -0.05) is 5.92 Å². The van der Waals surface area contributed by atoms with Crippen molar-refractivity contribution in [1.29, 1.82) is 0 Å². The number of anilines is 1. The van der Waals surface area contributed by atoms with Gasteiger partial charge in [-0.15, -0.1) is 17.8 Å². The predicted molar refractivity (Wildman–Crippen MR) is 69.1 cm³/mol. The van der Waals surface area contributed by atoms with Gasteiger partial charge in [0.1, 0.15) is 16.2 Å². The molecule has 0 aliphatic carbocycles. The van der Waals surface area contributed by atoms with E-state index in [0.29, 0.717) is 0 Å². The molecule has 96 valence electrons. The quantitative estimate of drug-likeness (QED) is 0.808. The zero-order valence-electron chi connectivity index (χ0n) is 10.2. The first kappa shape index (κ1) is 14.1. The Morgan fingerprint density at radius 2 is 2.11 bits per heavy atom. The lowest BCUT2D eigenvalue weighted by molar-refractivity contribution is 0.0636. The van der Waals surface area contributed by atoms with Crippen molar-refractivity contribution in [3.8, 4) is 12.3 Å². The molecule has 0 saturated heterocycles. The van der Waals surface area contributed by atoms with Gasteiger partial charge < -0.3 is 9.84 Å². The molecule has 18 heavy (non-hydrogen) atoms. The maximum atomic E-state index is 11.5. The molecule has 6 heteroatoms. The van der Waals surface area contributed by atoms with Gasteiger partial charge in [0, 0.05) is 5.38 Å². The Hall–Kier alpha value is -2.00. The summed E-state index contributed by atoms with van der Waals surface area (Å²) in [6.45, 7) is 5.14. The van der Waals surface area contributed by atoms with E-state index in [1.165, 1.54) is 5.38 Å². The second-order valence-electron chi connectivity index (χ2n) is 4.43. The number of thiophene rings is 1.